The predicted molar refractivity (Wildman–Crippen MR) is 130 cm³/mol. The van der Waals surface area contributed by atoms with E-state index in [9.17, 15) is 9.59 Å². The van der Waals surface area contributed by atoms with E-state index in [0.29, 0.717) is 34.4 Å². The summed E-state index contributed by atoms with van der Waals surface area (Å²) < 4.78 is 6.16. The Labute approximate surface area is 191 Å². The Morgan fingerprint density at radius 1 is 1.03 bits per heavy atom. The highest BCUT2D eigenvalue weighted by Crippen LogP contribution is 2.27. The molecule has 0 unspecified atom stereocenters. The van der Waals surface area contributed by atoms with Gasteiger partial charge in [-0.15, -0.1) is 0 Å². The monoisotopic (exact) mass is 439 g/mol. The summed E-state index contributed by atoms with van der Waals surface area (Å²) in [5.74, 6) is 1.16. The lowest BCUT2D eigenvalue weighted by Gasteiger charge is -2.16. The Hall–Kier alpha value is -3.93. The number of anilines is 1. The van der Waals surface area contributed by atoms with Crippen molar-refractivity contribution in [2.24, 2.45) is 0 Å². The first-order valence-corrected chi connectivity index (χ1v) is 11.2. The fourth-order valence-electron chi connectivity index (χ4n) is 4.29. The van der Waals surface area contributed by atoms with Gasteiger partial charge in [-0.3, -0.25) is 9.59 Å². The average molecular weight is 440 g/mol. The van der Waals surface area contributed by atoms with Crippen molar-refractivity contribution in [3.8, 4) is 11.3 Å². The van der Waals surface area contributed by atoms with Crippen LogP contribution in [0.4, 0.5) is 5.82 Å². The van der Waals surface area contributed by atoms with Crippen LogP contribution in [0, 0.1) is 6.92 Å². The van der Waals surface area contributed by atoms with Crippen molar-refractivity contribution in [3.63, 3.8) is 0 Å². The summed E-state index contributed by atoms with van der Waals surface area (Å²) in [6.07, 6.45) is 4.20. The number of carbonyl (C=O) groups excluding carboxylic acids is 1. The zero-order chi connectivity index (χ0) is 22.8. The molecular weight excluding hydrogens is 414 g/mol. The number of hydrogen-bond donors (Lipinski definition) is 1. The lowest BCUT2D eigenvalue weighted by atomic mass is 10.0. The molecule has 6 heteroatoms. The summed E-state index contributed by atoms with van der Waals surface area (Å²) in [5.41, 5.74) is 2.74. The number of pyridine rings is 1. The van der Waals surface area contributed by atoms with Crippen LogP contribution in [0.1, 0.15) is 34.3 Å². The van der Waals surface area contributed by atoms with Crippen LogP contribution in [-0.4, -0.2) is 24.0 Å². The molecule has 2 aromatic carbocycles. The number of rotatable bonds is 5. The van der Waals surface area contributed by atoms with Gasteiger partial charge in [0, 0.05) is 37.0 Å². The van der Waals surface area contributed by atoms with Crippen LogP contribution in [0.5, 0.6) is 0 Å². The number of aromatic nitrogens is 1. The fourth-order valence-corrected chi connectivity index (χ4v) is 4.29. The normalized spacial score (nSPS) is 13.4. The van der Waals surface area contributed by atoms with Crippen molar-refractivity contribution in [1.82, 2.24) is 10.3 Å². The number of amides is 1. The van der Waals surface area contributed by atoms with Crippen LogP contribution in [-0.2, 0) is 6.54 Å². The van der Waals surface area contributed by atoms with Crippen molar-refractivity contribution < 1.29 is 9.21 Å². The molecule has 4 aromatic rings. The molecule has 1 N–H and O–H groups in total. The number of fused-ring (bicyclic) bond motifs is 1. The number of hydrogen-bond acceptors (Lipinski definition) is 5. The van der Waals surface area contributed by atoms with Gasteiger partial charge in [0.05, 0.1) is 10.9 Å². The second kappa shape index (κ2) is 8.90. The Morgan fingerprint density at radius 3 is 2.55 bits per heavy atom. The molecule has 0 radical (unpaired) electrons. The van der Waals surface area contributed by atoms with Crippen LogP contribution in [0.15, 0.2) is 76.1 Å². The molecule has 0 spiro atoms. The Kier molecular flexibility index (Phi) is 5.65. The quantitative estimate of drug-likeness (QED) is 0.488. The van der Waals surface area contributed by atoms with Crippen molar-refractivity contribution in [2.75, 3.05) is 18.0 Å². The second-order valence-electron chi connectivity index (χ2n) is 8.34. The molecule has 3 heterocycles. The van der Waals surface area contributed by atoms with Gasteiger partial charge in [0.25, 0.3) is 5.91 Å². The van der Waals surface area contributed by atoms with Gasteiger partial charge in [-0.2, -0.15) is 0 Å². The van der Waals surface area contributed by atoms with E-state index < -0.39 is 0 Å². The van der Waals surface area contributed by atoms with Crippen LogP contribution < -0.4 is 15.6 Å². The summed E-state index contributed by atoms with van der Waals surface area (Å²) in [5, 5.41) is 3.33. The predicted octanol–water partition coefficient (Wildman–Crippen LogP) is 4.69. The van der Waals surface area contributed by atoms with Crippen LogP contribution >= 0.6 is 0 Å². The van der Waals surface area contributed by atoms with Gasteiger partial charge in [-0.05, 0) is 43.5 Å². The van der Waals surface area contributed by atoms with E-state index in [1.807, 2.05) is 42.5 Å². The number of nitrogens with one attached hydrogen (secondary N) is 1. The third-order valence-corrected chi connectivity index (χ3v) is 6.12. The lowest BCUT2D eigenvalue weighted by Crippen LogP contribution is -2.24. The second-order valence-corrected chi connectivity index (χ2v) is 8.34. The van der Waals surface area contributed by atoms with E-state index in [1.54, 1.807) is 31.3 Å². The van der Waals surface area contributed by atoms with Crippen LogP contribution in [0.3, 0.4) is 0 Å². The van der Waals surface area contributed by atoms with Crippen molar-refractivity contribution in [2.45, 2.75) is 26.3 Å². The molecule has 6 nitrogen and oxygen atoms in total. The highest BCUT2D eigenvalue weighted by Gasteiger charge is 2.18. The number of carbonyl (C=O) groups is 1. The summed E-state index contributed by atoms with van der Waals surface area (Å²) in [7, 11) is 0. The number of nitrogens with zero attached hydrogens (tertiary/aromatic N) is 2. The average Bonchev–Trinajstić information content (AvgIpc) is 3.40. The zero-order valence-electron chi connectivity index (χ0n) is 18.5. The minimum atomic E-state index is -0.296. The van der Waals surface area contributed by atoms with E-state index in [1.165, 1.54) is 12.8 Å². The maximum atomic E-state index is 13.1. The van der Waals surface area contributed by atoms with E-state index in [4.69, 9.17) is 4.42 Å². The minimum absolute atomic E-state index is 0.133. The smallest absolute Gasteiger partial charge is 0.255 e. The maximum absolute atomic E-state index is 13.1. The fraction of sp³-hybridized carbons (Fsp3) is 0.222. The van der Waals surface area contributed by atoms with Gasteiger partial charge in [-0.1, -0.05) is 42.5 Å². The highest BCUT2D eigenvalue weighted by molar-refractivity contribution is 6.05. The van der Waals surface area contributed by atoms with E-state index in [2.05, 4.69) is 15.2 Å². The minimum Gasteiger partial charge on any atom is -0.455 e. The van der Waals surface area contributed by atoms with Crippen molar-refractivity contribution in [3.05, 3.63) is 93.8 Å². The number of para-hydroxylation sites is 1. The van der Waals surface area contributed by atoms with Crippen LogP contribution in [0.2, 0.25) is 0 Å². The van der Waals surface area contributed by atoms with E-state index in [0.717, 1.165) is 30.0 Å². The Balaban J connectivity index is 1.41. The Bertz CT molecular complexity index is 1360. The highest BCUT2D eigenvalue weighted by atomic mass is 16.3. The third-order valence-electron chi connectivity index (χ3n) is 6.12. The molecule has 2 aromatic heterocycles. The topological polar surface area (TPSA) is 75.4 Å². The van der Waals surface area contributed by atoms with Gasteiger partial charge in [0.15, 0.2) is 11.0 Å². The summed E-state index contributed by atoms with van der Waals surface area (Å²) in [6.45, 7) is 4.17. The molecule has 0 saturated carbocycles. The SMILES string of the molecule is Cc1c(-c2ccccc2)oc2c(C(=O)NCc3ccc(N4CCCC4)nc3)cccc2c1=O. The first-order chi connectivity index (χ1) is 16.1. The van der Waals surface area contributed by atoms with Crippen LogP contribution in [0.25, 0.3) is 22.3 Å². The molecular formula is C27H25N3O3. The molecule has 0 atom stereocenters. The standard InChI is InChI=1S/C27H25N3O3/c1-18-24(31)21-10-7-11-22(26(21)33-25(18)20-8-3-2-4-9-20)27(32)29-17-19-12-13-23(28-16-19)30-14-5-6-15-30/h2-4,7-13,16H,5-6,14-15,17H2,1H3,(H,29,32). The molecule has 1 aliphatic heterocycles. The molecule has 33 heavy (non-hydrogen) atoms. The van der Waals surface area contributed by atoms with Gasteiger partial charge < -0.3 is 14.6 Å². The molecule has 0 aliphatic carbocycles. The molecule has 5 rings (SSSR count). The molecule has 1 fully saturated rings. The first kappa shape index (κ1) is 20.9. The first-order valence-electron chi connectivity index (χ1n) is 11.2. The van der Waals surface area contributed by atoms with E-state index >= 15 is 0 Å². The van der Waals surface area contributed by atoms with E-state index in [-0.39, 0.29) is 11.3 Å². The van der Waals surface area contributed by atoms with Gasteiger partial charge in [0.1, 0.15) is 11.6 Å². The van der Waals surface area contributed by atoms with Gasteiger partial charge in [0.2, 0.25) is 0 Å². The van der Waals surface area contributed by atoms with Gasteiger partial charge in [-0.25, -0.2) is 4.98 Å². The molecule has 1 aliphatic rings. The largest absolute Gasteiger partial charge is 0.455 e. The van der Waals surface area contributed by atoms with Crippen molar-refractivity contribution in [1.29, 1.82) is 0 Å². The molecule has 166 valence electrons. The molecule has 0 bridgehead atoms. The Morgan fingerprint density at radius 2 is 1.82 bits per heavy atom. The maximum Gasteiger partial charge on any atom is 0.255 e. The molecule has 1 amide bonds. The van der Waals surface area contributed by atoms with Crippen molar-refractivity contribution >= 4 is 22.7 Å². The number of benzene rings is 2. The van der Waals surface area contributed by atoms with Gasteiger partial charge >= 0.3 is 0 Å². The third kappa shape index (κ3) is 4.12. The zero-order valence-corrected chi connectivity index (χ0v) is 18.5. The summed E-state index contributed by atoms with van der Waals surface area (Å²) >= 11 is 0. The molecule has 1 saturated heterocycles. The lowest BCUT2D eigenvalue weighted by molar-refractivity contribution is 0.0951. The summed E-state index contributed by atoms with van der Waals surface area (Å²) in [4.78, 5) is 32.9. The summed E-state index contributed by atoms with van der Waals surface area (Å²) in [6, 6.07) is 18.5.